The second kappa shape index (κ2) is 14.4. The molecule has 1 saturated heterocycles. The van der Waals surface area contributed by atoms with E-state index < -0.39 is 40.6 Å². The zero-order valence-corrected chi connectivity index (χ0v) is 31.1. The number of allylic oxidation sites excluding steroid dienone is 1. The standard InChI is InChI=1S/C40H51N7O6/c1-24(35(50)46-37-42-16-17-43-37)44-32-21-30-38(2,14-13-33(49)39(30,3)22-48)31(40(32)23-52-40)20-29(45-34-8-6-7-15-41-34)28-19-27(53-36(28)51)18-25-9-11-26(12-10-25)47(4)5/h6-12,15-16,18-19,24,29-33,44,48-49H,13-14,17,20-23H2,1-5H3,(H,41,45)(H,43,46,50)/b27-18+/t24?,29?,30?,31?,32?,33-,38+,39+,40?/m1/s1. The van der Waals surface area contributed by atoms with Gasteiger partial charge in [-0.25, -0.2) is 19.8 Å². The average molecular weight is 726 g/mol. The summed E-state index contributed by atoms with van der Waals surface area (Å²) in [5.41, 5.74) is 0.583. The molecular formula is C40H51N7O6. The Morgan fingerprint density at radius 2 is 1.94 bits per heavy atom. The fourth-order valence-corrected chi connectivity index (χ4v) is 9.35. The number of hydrogen-bond acceptors (Lipinski definition) is 12. The Labute approximate surface area is 310 Å². The highest BCUT2D eigenvalue weighted by atomic mass is 16.6. The molecule has 1 spiro atoms. The highest BCUT2D eigenvalue weighted by molar-refractivity contribution is 6.04. The first-order valence-electron chi connectivity index (χ1n) is 18.5. The minimum atomic E-state index is -0.798. The number of guanidine groups is 1. The average Bonchev–Trinajstić information content (AvgIpc) is 3.59. The number of amides is 1. The molecule has 5 N–H and O–H groups in total. The van der Waals surface area contributed by atoms with Crippen LogP contribution in [0.2, 0.25) is 0 Å². The van der Waals surface area contributed by atoms with Crippen molar-refractivity contribution < 1.29 is 29.3 Å². The van der Waals surface area contributed by atoms with Gasteiger partial charge in [0.1, 0.15) is 17.2 Å². The topological polar surface area (TPSA) is 173 Å². The predicted molar refractivity (Wildman–Crippen MR) is 203 cm³/mol. The van der Waals surface area contributed by atoms with E-state index in [1.165, 1.54) is 0 Å². The summed E-state index contributed by atoms with van der Waals surface area (Å²) in [6.45, 7) is 6.73. The molecule has 4 heterocycles. The lowest BCUT2D eigenvalue weighted by atomic mass is 9.43. The smallest absolute Gasteiger partial charge is 0.341 e. The Hall–Kier alpha value is -4.43. The number of anilines is 2. The second-order valence-electron chi connectivity index (χ2n) is 15.9. The van der Waals surface area contributed by atoms with E-state index in [0.717, 1.165) is 11.3 Å². The highest BCUT2D eigenvalue weighted by Crippen LogP contribution is 2.66. The molecule has 0 bridgehead atoms. The van der Waals surface area contributed by atoms with Gasteiger partial charge in [0.2, 0.25) is 11.9 Å². The van der Waals surface area contributed by atoms with Crippen LogP contribution in [-0.4, -0.2) is 103 Å². The zero-order valence-electron chi connectivity index (χ0n) is 31.1. The molecule has 1 aromatic heterocycles. The van der Waals surface area contributed by atoms with Crippen molar-refractivity contribution in [1.29, 1.82) is 0 Å². The molecule has 13 heteroatoms. The van der Waals surface area contributed by atoms with Gasteiger partial charge in [-0.3, -0.25) is 10.1 Å². The van der Waals surface area contributed by atoms with Crippen LogP contribution in [0.15, 0.2) is 76.1 Å². The van der Waals surface area contributed by atoms with Gasteiger partial charge in [-0.05, 0) is 91.8 Å². The molecule has 53 heavy (non-hydrogen) atoms. The van der Waals surface area contributed by atoms with Gasteiger partial charge in [0.25, 0.3) is 0 Å². The quantitative estimate of drug-likeness (QED) is 0.171. The van der Waals surface area contributed by atoms with Crippen LogP contribution in [0.3, 0.4) is 0 Å². The third-order valence-corrected chi connectivity index (χ3v) is 12.5. The van der Waals surface area contributed by atoms with E-state index in [1.54, 1.807) is 19.3 Å². The molecule has 1 aromatic carbocycles. The van der Waals surface area contributed by atoms with Crippen molar-refractivity contribution >= 4 is 41.6 Å². The normalized spacial score (nSPS) is 33.5. The van der Waals surface area contributed by atoms with Gasteiger partial charge in [0.05, 0.1) is 43.5 Å². The summed E-state index contributed by atoms with van der Waals surface area (Å²) in [5.74, 6) is 0.354. The van der Waals surface area contributed by atoms with Crippen LogP contribution in [0.4, 0.5) is 11.5 Å². The number of epoxide rings is 1. The largest absolute Gasteiger partial charge is 0.423 e. The molecule has 7 rings (SSSR count). The number of aliphatic hydroxyl groups is 2. The maximum absolute atomic E-state index is 13.8. The first-order valence-corrected chi connectivity index (χ1v) is 18.5. The number of carbonyl (C=O) groups excluding carboxylic acids is 2. The van der Waals surface area contributed by atoms with Crippen LogP contribution < -0.4 is 20.9 Å². The number of esters is 1. The summed E-state index contributed by atoms with van der Waals surface area (Å²) in [6, 6.07) is 12.2. The van der Waals surface area contributed by atoms with E-state index in [9.17, 15) is 19.8 Å². The third kappa shape index (κ3) is 7.03. The number of aliphatic imine (C=N–C) groups is 2. The molecule has 6 unspecified atom stereocenters. The number of carbonyl (C=O) groups is 2. The van der Waals surface area contributed by atoms with E-state index >= 15 is 0 Å². The number of cyclic esters (lactones) is 1. The van der Waals surface area contributed by atoms with Crippen LogP contribution in [0.1, 0.15) is 52.0 Å². The zero-order chi connectivity index (χ0) is 37.5. The van der Waals surface area contributed by atoms with Gasteiger partial charge in [0, 0.05) is 43.7 Å². The molecule has 0 radical (unpaired) electrons. The monoisotopic (exact) mass is 725 g/mol. The number of aliphatic hydroxyl groups excluding tert-OH is 2. The Morgan fingerprint density at radius 1 is 1.17 bits per heavy atom. The Balaban J connectivity index is 1.24. The van der Waals surface area contributed by atoms with E-state index in [4.69, 9.17) is 9.47 Å². The van der Waals surface area contributed by atoms with Gasteiger partial charge in [-0.15, -0.1) is 0 Å². The molecule has 13 nitrogen and oxygen atoms in total. The van der Waals surface area contributed by atoms with Crippen molar-refractivity contribution in [3.63, 3.8) is 0 Å². The van der Waals surface area contributed by atoms with E-state index in [2.05, 4.69) is 37.8 Å². The Kier molecular flexibility index (Phi) is 10.0. The number of rotatable bonds is 11. The molecule has 3 fully saturated rings. The van der Waals surface area contributed by atoms with Crippen LogP contribution in [0.5, 0.6) is 0 Å². The summed E-state index contributed by atoms with van der Waals surface area (Å²) >= 11 is 0. The third-order valence-electron chi connectivity index (χ3n) is 12.5. The minimum Gasteiger partial charge on any atom is -0.423 e. The van der Waals surface area contributed by atoms with E-state index in [1.807, 2.05) is 80.5 Å². The van der Waals surface area contributed by atoms with Gasteiger partial charge in [-0.1, -0.05) is 32.0 Å². The molecule has 2 aliphatic carbocycles. The highest BCUT2D eigenvalue weighted by Gasteiger charge is 2.71. The van der Waals surface area contributed by atoms with Crippen molar-refractivity contribution in [3.05, 3.63) is 71.6 Å². The van der Waals surface area contributed by atoms with E-state index in [0.29, 0.717) is 56.0 Å². The Morgan fingerprint density at radius 3 is 2.58 bits per heavy atom. The summed E-state index contributed by atoms with van der Waals surface area (Å²) < 4.78 is 12.4. The summed E-state index contributed by atoms with van der Waals surface area (Å²) in [4.78, 5) is 42.0. The lowest BCUT2D eigenvalue weighted by Crippen LogP contribution is -2.68. The molecule has 1 amide bonds. The number of pyridine rings is 1. The number of benzene rings is 1. The summed E-state index contributed by atoms with van der Waals surface area (Å²) in [6.07, 6.45) is 8.60. The number of aromatic nitrogens is 1. The lowest BCUT2D eigenvalue weighted by molar-refractivity contribution is -0.184. The first kappa shape index (κ1) is 36.9. The maximum atomic E-state index is 13.8. The van der Waals surface area contributed by atoms with Gasteiger partial charge >= 0.3 is 5.97 Å². The molecule has 2 aromatic rings. The number of nitrogens with zero attached hydrogens (tertiary/aromatic N) is 4. The fourth-order valence-electron chi connectivity index (χ4n) is 9.35. The van der Waals surface area contributed by atoms with Crippen LogP contribution >= 0.6 is 0 Å². The number of nitrogens with one attached hydrogen (secondary N) is 3. The number of hydrogen-bond donors (Lipinski definition) is 5. The SMILES string of the molecule is CC(NC1CC2[C@](C)(CC[C@@H](O)[C@@]2(C)CO)C(CC(Nc2ccccn2)C2=C/C(=C\c3ccc(N(C)C)cc3)OC2=O)C12CO2)C(=O)NC1=NCC=N1. The van der Waals surface area contributed by atoms with E-state index in [-0.39, 0.29) is 36.4 Å². The number of ether oxygens (including phenoxy) is 2. The molecule has 9 atom stereocenters. The van der Waals surface area contributed by atoms with Crippen molar-refractivity contribution in [2.45, 2.75) is 76.3 Å². The maximum Gasteiger partial charge on any atom is 0.341 e. The molecule has 3 aliphatic heterocycles. The second-order valence-corrected chi connectivity index (χ2v) is 15.9. The first-order chi connectivity index (χ1) is 25.4. The van der Waals surface area contributed by atoms with Gasteiger partial charge in [0.15, 0.2) is 0 Å². The molecular weight excluding hydrogens is 674 g/mol. The number of fused-ring (bicyclic) bond motifs is 1. The van der Waals surface area contributed by atoms with Crippen LogP contribution in [0.25, 0.3) is 6.08 Å². The predicted octanol–water partition coefficient (Wildman–Crippen LogP) is 3.31. The van der Waals surface area contributed by atoms with Gasteiger partial charge in [-0.2, -0.15) is 0 Å². The van der Waals surface area contributed by atoms with Crippen molar-refractivity contribution in [2.24, 2.45) is 32.7 Å². The molecule has 5 aliphatic rings. The minimum absolute atomic E-state index is 0.138. The molecule has 2 saturated carbocycles. The van der Waals surface area contributed by atoms with Crippen molar-refractivity contribution in [2.75, 3.05) is 44.1 Å². The van der Waals surface area contributed by atoms with Gasteiger partial charge < -0.3 is 35.2 Å². The summed E-state index contributed by atoms with van der Waals surface area (Å²) in [7, 11) is 3.97. The summed E-state index contributed by atoms with van der Waals surface area (Å²) in [5, 5.41) is 32.3. The van der Waals surface area contributed by atoms with Crippen LogP contribution in [0, 0.1) is 22.7 Å². The lowest BCUT2D eigenvalue weighted by Gasteiger charge is -2.63. The van der Waals surface area contributed by atoms with Crippen molar-refractivity contribution in [1.82, 2.24) is 15.6 Å². The van der Waals surface area contributed by atoms with Crippen LogP contribution in [-0.2, 0) is 19.1 Å². The molecule has 282 valence electrons. The fraction of sp³-hybridized carbons (Fsp3) is 0.525. The Bertz CT molecular complexity index is 1820. The van der Waals surface area contributed by atoms with Crippen molar-refractivity contribution in [3.8, 4) is 0 Å².